The van der Waals surface area contributed by atoms with Crippen LogP contribution in [0.5, 0.6) is 0 Å². The highest BCUT2D eigenvalue weighted by atomic mass is 35.5. The first-order valence-electron chi connectivity index (χ1n) is 9.57. The second-order valence-corrected chi connectivity index (χ2v) is 7.54. The average Bonchev–Trinajstić information content (AvgIpc) is 3.40. The lowest BCUT2D eigenvalue weighted by Gasteiger charge is -2.17. The lowest BCUT2D eigenvalue weighted by molar-refractivity contribution is 0.0951. The molecule has 0 bridgehead atoms. The molecule has 28 heavy (non-hydrogen) atoms. The maximum absolute atomic E-state index is 12.8. The summed E-state index contributed by atoms with van der Waals surface area (Å²) < 4.78 is 0. The van der Waals surface area contributed by atoms with Crippen molar-refractivity contribution < 1.29 is 4.79 Å². The first kappa shape index (κ1) is 18.7. The van der Waals surface area contributed by atoms with E-state index in [1.54, 1.807) is 18.3 Å². The molecule has 2 N–H and O–H groups in total. The van der Waals surface area contributed by atoms with Crippen molar-refractivity contribution in [2.24, 2.45) is 0 Å². The molecule has 0 radical (unpaired) electrons. The number of carbonyl (C=O) groups is 1. The van der Waals surface area contributed by atoms with Gasteiger partial charge in [-0.1, -0.05) is 48.0 Å². The van der Waals surface area contributed by atoms with E-state index in [0.717, 1.165) is 30.8 Å². The molecule has 5 nitrogen and oxygen atoms in total. The van der Waals surface area contributed by atoms with E-state index in [4.69, 9.17) is 11.6 Å². The van der Waals surface area contributed by atoms with Crippen LogP contribution in [0, 0.1) is 0 Å². The van der Waals surface area contributed by atoms with Crippen LogP contribution in [0.4, 0.5) is 0 Å². The Bertz CT molecular complexity index is 945. The lowest BCUT2D eigenvalue weighted by Crippen LogP contribution is -2.25. The van der Waals surface area contributed by atoms with Crippen LogP contribution in [-0.4, -0.2) is 34.1 Å². The highest BCUT2D eigenvalue weighted by Gasteiger charge is 2.17. The van der Waals surface area contributed by atoms with Crippen molar-refractivity contribution >= 4 is 17.5 Å². The molecular weight excluding hydrogens is 372 g/mol. The molecule has 4 rings (SSSR count). The molecule has 0 aliphatic carbocycles. The zero-order valence-corrected chi connectivity index (χ0v) is 16.4. The van der Waals surface area contributed by atoms with Crippen LogP contribution in [0.1, 0.15) is 34.3 Å². The summed E-state index contributed by atoms with van der Waals surface area (Å²) in [4.78, 5) is 15.3. The Balaban J connectivity index is 1.46. The SMILES string of the molecule is O=C(NCc1ccccc1CN1CCCC1)c1cn[nH]c1-c1ccc(Cl)cc1. The lowest BCUT2D eigenvalue weighted by atomic mass is 10.1. The van der Waals surface area contributed by atoms with E-state index in [0.29, 0.717) is 22.8 Å². The zero-order valence-electron chi connectivity index (χ0n) is 15.6. The Labute approximate surface area is 169 Å². The predicted octanol–water partition coefficient (Wildman–Crippen LogP) is 4.26. The van der Waals surface area contributed by atoms with E-state index in [1.807, 2.05) is 18.2 Å². The monoisotopic (exact) mass is 394 g/mol. The first-order valence-corrected chi connectivity index (χ1v) is 9.95. The number of carbonyl (C=O) groups excluding carboxylic acids is 1. The van der Waals surface area contributed by atoms with Crippen LogP contribution in [0.15, 0.2) is 54.7 Å². The molecule has 1 saturated heterocycles. The van der Waals surface area contributed by atoms with Crippen molar-refractivity contribution in [2.45, 2.75) is 25.9 Å². The number of aromatic nitrogens is 2. The molecule has 0 saturated carbocycles. The minimum atomic E-state index is -0.144. The molecule has 0 spiro atoms. The summed E-state index contributed by atoms with van der Waals surface area (Å²) in [5, 5.41) is 10.7. The topological polar surface area (TPSA) is 61.0 Å². The second kappa shape index (κ2) is 8.59. The van der Waals surface area contributed by atoms with Gasteiger partial charge in [-0.05, 0) is 49.2 Å². The van der Waals surface area contributed by atoms with Crippen molar-refractivity contribution in [3.8, 4) is 11.3 Å². The summed E-state index contributed by atoms with van der Waals surface area (Å²) in [5.41, 5.74) is 4.52. The number of benzene rings is 2. The zero-order chi connectivity index (χ0) is 19.3. The fourth-order valence-electron chi connectivity index (χ4n) is 3.63. The van der Waals surface area contributed by atoms with Gasteiger partial charge in [0.2, 0.25) is 0 Å². The normalized spacial score (nSPS) is 14.3. The number of hydrogen-bond donors (Lipinski definition) is 2. The maximum atomic E-state index is 12.8. The number of aromatic amines is 1. The third kappa shape index (κ3) is 4.26. The van der Waals surface area contributed by atoms with Crippen LogP contribution in [0.3, 0.4) is 0 Å². The maximum Gasteiger partial charge on any atom is 0.255 e. The fraction of sp³-hybridized carbons (Fsp3) is 0.273. The molecule has 3 aromatic rings. The summed E-state index contributed by atoms with van der Waals surface area (Å²) in [7, 11) is 0. The highest BCUT2D eigenvalue weighted by Crippen LogP contribution is 2.23. The number of nitrogens with one attached hydrogen (secondary N) is 2. The van der Waals surface area contributed by atoms with Gasteiger partial charge >= 0.3 is 0 Å². The van der Waals surface area contributed by atoms with E-state index in [-0.39, 0.29) is 5.91 Å². The molecule has 2 aromatic carbocycles. The third-order valence-electron chi connectivity index (χ3n) is 5.17. The quantitative estimate of drug-likeness (QED) is 0.656. The van der Waals surface area contributed by atoms with Gasteiger partial charge < -0.3 is 5.32 Å². The minimum Gasteiger partial charge on any atom is -0.348 e. The van der Waals surface area contributed by atoms with Gasteiger partial charge in [-0.2, -0.15) is 5.10 Å². The number of nitrogens with zero attached hydrogens (tertiary/aromatic N) is 2. The van der Waals surface area contributed by atoms with Crippen molar-refractivity contribution in [2.75, 3.05) is 13.1 Å². The van der Waals surface area contributed by atoms with Crippen molar-refractivity contribution in [3.63, 3.8) is 0 Å². The Morgan fingerprint density at radius 2 is 1.79 bits per heavy atom. The summed E-state index contributed by atoms with van der Waals surface area (Å²) >= 11 is 5.96. The molecule has 144 valence electrons. The Morgan fingerprint density at radius 1 is 1.07 bits per heavy atom. The molecular formula is C22H23ClN4O. The van der Waals surface area contributed by atoms with Gasteiger partial charge in [0.1, 0.15) is 0 Å². The minimum absolute atomic E-state index is 0.144. The largest absolute Gasteiger partial charge is 0.348 e. The van der Waals surface area contributed by atoms with E-state index in [2.05, 4.69) is 38.6 Å². The molecule has 0 unspecified atom stereocenters. The van der Waals surface area contributed by atoms with Crippen LogP contribution in [0.25, 0.3) is 11.3 Å². The molecule has 1 fully saturated rings. The number of amides is 1. The first-order chi connectivity index (χ1) is 13.7. The van der Waals surface area contributed by atoms with Gasteiger partial charge in [-0.25, -0.2) is 0 Å². The van der Waals surface area contributed by atoms with Gasteiger partial charge in [0.15, 0.2) is 0 Å². The van der Waals surface area contributed by atoms with Crippen molar-refractivity contribution in [1.29, 1.82) is 0 Å². The number of H-pyrrole nitrogens is 1. The highest BCUT2D eigenvalue weighted by molar-refractivity contribution is 6.30. The van der Waals surface area contributed by atoms with Gasteiger partial charge in [0, 0.05) is 23.7 Å². The molecule has 1 aromatic heterocycles. The van der Waals surface area contributed by atoms with Crippen molar-refractivity contribution in [1.82, 2.24) is 20.4 Å². The van der Waals surface area contributed by atoms with Gasteiger partial charge in [0.05, 0.1) is 17.5 Å². The number of likely N-dealkylation sites (tertiary alicyclic amines) is 1. The molecule has 0 atom stereocenters. The number of halogens is 1. The smallest absolute Gasteiger partial charge is 0.255 e. The molecule has 6 heteroatoms. The van der Waals surface area contributed by atoms with E-state index >= 15 is 0 Å². The van der Waals surface area contributed by atoms with Crippen molar-refractivity contribution in [3.05, 3.63) is 76.4 Å². The molecule has 1 aliphatic heterocycles. The number of hydrogen-bond acceptors (Lipinski definition) is 3. The summed E-state index contributed by atoms with van der Waals surface area (Å²) in [6.07, 6.45) is 4.11. The fourth-order valence-corrected chi connectivity index (χ4v) is 3.76. The Kier molecular flexibility index (Phi) is 5.74. The molecule has 2 heterocycles. The summed E-state index contributed by atoms with van der Waals surface area (Å²) in [6.45, 7) is 3.74. The van der Waals surface area contributed by atoms with Crippen LogP contribution in [-0.2, 0) is 13.1 Å². The Morgan fingerprint density at radius 3 is 2.54 bits per heavy atom. The van der Waals surface area contributed by atoms with E-state index in [9.17, 15) is 4.79 Å². The standard InChI is InChI=1S/C22H23ClN4O/c23-19-9-7-16(8-10-19)21-20(14-25-26-21)22(28)24-13-17-5-1-2-6-18(17)15-27-11-3-4-12-27/h1-2,5-10,14H,3-4,11-13,15H2,(H,24,28)(H,25,26). The van der Waals surface area contributed by atoms with Gasteiger partial charge in [-0.3, -0.25) is 14.8 Å². The predicted molar refractivity (Wildman–Crippen MR) is 111 cm³/mol. The summed E-state index contributed by atoms with van der Waals surface area (Å²) in [6, 6.07) is 15.7. The third-order valence-corrected chi connectivity index (χ3v) is 5.42. The number of rotatable bonds is 6. The van der Waals surface area contributed by atoms with E-state index < -0.39 is 0 Å². The van der Waals surface area contributed by atoms with E-state index in [1.165, 1.54) is 18.4 Å². The van der Waals surface area contributed by atoms with Gasteiger partial charge in [-0.15, -0.1) is 0 Å². The van der Waals surface area contributed by atoms with Crippen LogP contribution in [0.2, 0.25) is 5.02 Å². The van der Waals surface area contributed by atoms with Gasteiger partial charge in [0.25, 0.3) is 5.91 Å². The van der Waals surface area contributed by atoms with Crippen LogP contribution < -0.4 is 5.32 Å². The Hall–Kier alpha value is -2.63. The average molecular weight is 395 g/mol. The molecule has 1 amide bonds. The second-order valence-electron chi connectivity index (χ2n) is 7.10. The summed E-state index contributed by atoms with van der Waals surface area (Å²) in [5.74, 6) is -0.144. The van der Waals surface area contributed by atoms with Crippen LogP contribution >= 0.6 is 11.6 Å². The molecule has 1 aliphatic rings.